The maximum Gasteiger partial charge on any atom is 0.255 e. The zero-order valence-corrected chi connectivity index (χ0v) is 23.0. The number of nitrogens with zero attached hydrogens (tertiary/aromatic N) is 1. The minimum absolute atomic E-state index is 0.145. The maximum absolute atomic E-state index is 14.1. The average Bonchev–Trinajstić information content (AvgIpc) is 3.41. The Kier molecular flexibility index (Phi) is 6.31. The molecule has 4 heterocycles. The number of rotatable bonds is 5. The van der Waals surface area contributed by atoms with Gasteiger partial charge in [-0.1, -0.05) is 38.1 Å². The van der Waals surface area contributed by atoms with Gasteiger partial charge >= 0.3 is 0 Å². The van der Waals surface area contributed by atoms with Gasteiger partial charge in [-0.15, -0.1) is 0 Å². The second kappa shape index (κ2) is 9.56. The fourth-order valence-corrected chi connectivity index (χ4v) is 6.48. The van der Waals surface area contributed by atoms with Crippen LogP contribution in [0.25, 0.3) is 0 Å². The number of hydrogen-bond donors (Lipinski definition) is 9. The summed E-state index contributed by atoms with van der Waals surface area (Å²) in [6, 6.07) is 7.67. The lowest BCUT2D eigenvalue weighted by molar-refractivity contribution is -0.232. The maximum atomic E-state index is 14.1. The second-order valence-corrected chi connectivity index (χ2v) is 11.7. The average molecular weight is 581 g/mol. The molecular weight excluding hydrogens is 547 g/mol. The molecule has 0 aromatic heterocycles. The smallest absolute Gasteiger partial charge is 0.255 e. The summed E-state index contributed by atoms with van der Waals surface area (Å²) in [5.74, 6) is -4.67. The number of halogens is 1. The molecule has 13 nitrogen and oxygen atoms in total. The number of fused-ring (bicyclic) bond motifs is 1. The van der Waals surface area contributed by atoms with E-state index in [2.05, 4.69) is 40.4 Å². The van der Waals surface area contributed by atoms with Crippen LogP contribution in [0.3, 0.4) is 0 Å². The second-order valence-electron chi connectivity index (χ2n) is 11.7. The minimum Gasteiger partial charge on any atom is -0.492 e. The molecule has 0 saturated carbocycles. The first-order chi connectivity index (χ1) is 19.9. The summed E-state index contributed by atoms with van der Waals surface area (Å²) in [4.78, 5) is 27.6. The van der Waals surface area contributed by atoms with Gasteiger partial charge in [-0.05, 0) is 30.0 Å². The van der Waals surface area contributed by atoms with Gasteiger partial charge in [0.05, 0.1) is 29.8 Å². The van der Waals surface area contributed by atoms with Gasteiger partial charge in [-0.3, -0.25) is 20.4 Å². The van der Waals surface area contributed by atoms with Gasteiger partial charge in [-0.2, -0.15) is 0 Å². The highest BCUT2D eigenvalue weighted by Gasteiger charge is 2.74. The Morgan fingerprint density at radius 3 is 2.60 bits per heavy atom. The number of para-hydroxylation sites is 1. The SMILES string of the molecule is CC1(C)CCOc2c(C(=O)N[C@H]3CN4C(=N)N[C@@H](CNC(=O)c5ccccc5F)[C@@H]5NC(=N)N[C@@]54C3(O)O)cccc21. The molecule has 1 spiro atoms. The fraction of sp³-hybridized carbons (Fsp3) is 0.429. The van der Waals surface area contributed by atoms with Crippen molar-refractivity contribution >= 4 is 23.7 Å². The van der Waals surface area contributed by atoms with Crippen molar-refractivity contribution in [2.24, 2.45) is 0 Å². The lowest BCUT2D eigenvalue weighted by Crippen LogP contribution is -2.81. The number of aliphatic hydroxyl groups is 2. The van der Waals surface area contributed by atoms with E-state index in [1.54, 1.807) is 12.1 Å². The monoisotopic (exact) mass is 580 g/mol. The van der Waals surface area contributed by atoms with Crippen LogP contribution in [0.5, 0.6) is 5.75 Å². The quantitative estimate of drug-likeness (QED) is 0.210. The minimum atomic E-state index is -2.69. The lowest BCUT2D eigenvalue weighted by Gasteiger charge is -2.51. The summed E-state index contributed by atoms with van der Waals surface area (Å²) >= 11 is 0. The largest absolute Gasteiger partial charge is 0.492 e. The zero-order chi connectivity index (χ0) is 30.0. The van der Waals surface area contributed by atoms with Crippen LogP contribution in [0.1, 0.15) is 46.5 Å². The van der Waals surface area contributed by atoms with Crippen molar-refractivity contribution in [2.75, 3.05) is 19.7 Å². The molecule has 9 N–H and O–H groups in total. The van der Waals surface area contributed by atoms with E-state index in [0.29, 0.717) is 12.4 Å². The molecule has 2 aromatic carbocycles. The molecule has 2 amide bonds. The third-order valence-electron chi connectivity index (χ3n) is 8.77. The van der Waals surface area contributed by atoms with Gasteiger partial charge in [-0.25, -0.2) is 4.39 Å². The molecule has 0 bridgehead atoms. The third kappa shape index (κ3) is 4.04. The highest BCUT2D eigenvalue weighted by molar-refractivity contribution is 5.98. The van der Waals surface area contributed by atoms with E-state index in [-0.39, 0.29) is 41.6 Å². The summed E-state index contributed by atoms with van der Waals surface area (Å²) in [6.45, 7) is 4.25. The molecule has 0 aliphatic carbocycles. The topological polar surface area (TPSA) is 195 Å². The predicted octanol–water partition coefficient (Wildman–Crippen LogP) is -0.490. The number of carbonyl (C=O) groups excluding carboxylic acids is 2. The van der Waals surface area contributed by atoms with Gasteiger partial charge < -0.3 is 46.4 Å². The molecule has 42 heavy (non-hydrogen) atoms. The Balaban J connectivity index is 1.26. The molecule has 6 rings (SSSR count). The van der Waals surface area contributed by atoms with Gasteiger partial charge in [0.15, 0.2) is 17.6 Å². The zero-order valence-electron chi connectivity index (χ0n) is 23.0. The van der Waals surface area contributed by atoms with Gasteiger partial charge in [0.2, 0.25) is 5.79 Å². The van der Waals surface area contributed by atoms with Gasteiger partial charge in [0.1, 0.15) is 17.6 Å². The Labute approximate surface area is 240 Å². The van der Waals surface area contributed by atoms with Gasteiger partial charge in [0, 0.05) is 18.7 Å². The third-order valence-corrected chi connectivity index (χ3v) is 8.77. The lowest BCUT2D eigenvalue weighted by atomic mass is 9.79. The molecule has 2 aromatic rings. The van der Waals surface area contributed by atoms with E-state index < -0.39 is 47.2 Å². The Morgan fingerprint density at radius 1 is 1.10 bits per heavy atom. The van der Waals surface area contributed by atoms with E-state index >= 15 is 0 Å². The van der Waals surface area contributed by atoms with Crippen molar-refractivity contribution in [3.63, 3.8) is 0 Å². The van der Waals surface area contributed by atoms with E-state index in [4.69, 9.17) is 15.6 Å². The Bertz CT molecular complexity index is 1500. The number of benzene rings is 2. The van der Waals surface area contributed by atoms with Crippen LogP contribution >= 0.6 is 0 Å². The van der Waals surface area contributed by atoms with Crippen molar-refractivity contribution in [2.45, 2.75) is 55.3 Å². The Morgan fingerprint density at radius 2 is 1.83 bits per heavy atom. The van der Waals surface area contributed by atoms with Crippen LogP contribution < -0.4 is 31.3 Å². The van der Waals surface area contributed by atoms with E-state index in [1.165, 1.54) is 23.1 Å². The molecule has 4 aliphatic rings. The highest BCUT2D eigenvalue weighted by atomic mass is 19.1. The van der Waals surface area contributed by atoms with Crippen molar-refractivity contribution in [3.8, 4) is 5.75 Å². The van der Waals surface area contributed by atoms with Crippen LogP contribution in [-0.2, 0) is 5.41 Å². The molecular formula is C28H33FN8O5. The Hall–Kier alpha value is -4.43. The predicted molar refractivity (Wildman–Crippen MR) is 149 cm³/mol. The molecule has 0 radical (unpaired) electrons. The van der Waals surface area contributed by atoms with Crippen molar-refractivity contribution in [1.29, 1.82) is 10.8 Å². The molecule has 0 unspecified atom stereocenters. The van der Waals surface area contributed by atoms with Crippen molar-refractivity contribution in [3.05, 3.63) is 65.0 Å². The van der Waals surface area contributed by atoms with Crippen LogP contribution in [0.4, 0.5) is 4.39 Å². The van der Waals surface area contributed by atoms with Crippen LogP contribution in [0.15, 0.2) is 42.5 Å². The number of carbonyl (C=O) groups is 2. The van der Waals surface area contributed by atoms with Crippen molar-refractivity contribution in [1.82, 2.24) is 31.5 Å². The first kappa shape index (κ1) is 27.7. The number of nitrogens with one attached hydrogen (secondary N) is 7. The highest BCUT2D eigenvalue weighted by Crippen LogP contribution is 2.44. The summed E-state index contributed by atoms with van der Waals surface area (Å²) in [5.41, 5.74) is -1.10. The van der Waals surface area contributed by atoms with Crippen LogP contribution in [0.2, 0.25) is 0 Å². The number of guanidine groups is 2. The van der Waals surface area contributed by atoms with Gasteiger partial charge in [0.25, 0.3) is 11.8 Å². The van der Waals surface area contributed by atoms with E-state index in [1.807, 2.05) is 6.07 Å². The van der Waals surface area contributed by atoms with E-state index in [0.717, 1.165) is 18.1 Å². The number of amides is 2. The molecule has 222 valence electrons. The number of hydrogen-bond acceptors (Lipinski definition) is 7. The first-order valence-electron chi connectivity index (χ1n) is 13.7. The van der Waals surface area contributed by atoms with Crippen LogP contribution in [-0.4, -0.2) is 88.1 Å². The fourth-order valence-electron chi connectivity index (χ4n) is 6.48. The number of ether oxygens (including phenoxy) is 1. The van der Waals surface area contributed by atoms with E-state index in [9.17, 15) is 24.2 Å². The standard InChI is InChI=1S/C28H33FN8O5/c1-26(2)10-11-42-20-15(7-5-8-16(20)26)23(39)34-19-13-37-25(31)33-18(12-32-22(38)14-6-3-4-9-17(14)29)21-27(37,28(19,40)41)36-24(30)35-21/h3-9,18-19,21,40-41H,10-13H2,1-2H3,(H2,31,33)(H,32,38)(H,34,39)(H3,30,35,36)/t18-,19-,21-,27-/m0/s1. The molecule has 4 atom stereocenters. The summed E-state index contributed by atoms with van der Waals surface area (Å²) in [5, 5.41) is 54.2. The molecule has 14 heteroatoms. The normalized spacial score (nSPS) is 28.2. The van der Waals surface area contributed by atoms with Crippen LogP contribution in [0, 0.1) is 16.6 Å². The summed E-state index contributed by atoms with van der Waals surface area (Å²) < 4.78 is 20.0. The summed E-state index contributed by atoms with van der Waals surface area (Å²) in [7, 11) is 0. The molecule has 3 fully saturated rings. The molecule has 3 saturated heterocycles. The van der Waals surface area contributed by atoms with Crippen molar-refractivity contribution < 1.29 is 28.9 Å². The molecule has 4 aliphatic heterocycles. The first-order valence-corrected chi connectivity index (χ1v) is 13.7. The summed E-state index contributed by atoms with van der Waals surface area (Å²) in [6.07, 6.45) is 0.782.